The first kappa shape index (κ1) is 23.4. The smallest absolute Gasteiger partial charge is 0.337 e. The van der Waals surface area contributed by atoms with Gasteiger partial charge in [-0.3, -0.25) is 0 Å². The molecule has 1 unspecified atom stereocenters. The third-order valence-corrected chi connectivity index (χ3v) is 5.18. The monoisotopic (exact) mass is 442 g/mol. The number of nitrogens with one attached hydrogen (secondary N) is 2. The van der Waals surface area contributed by atoms with E-state index in [1.807, 2.05) is 32.7 Å². The van der Waals surface area contributed by atoms with Gasteiger partial charge in [-0.25, -0.2) is 24.5 Å². The van der Waals surface area contributed by atoms with Gasteiger partial charge in [-0.05, 0) is 64.8 Å². The Morgan fingerprint density at radius 2 is 1.91 bits per heavy atom. The molecule has 0 bridgehead atoms. The molecule has 1 aliphatic rings. The van der Waals surface area contributed by atoms with Gasteiger partial charge in [-0.1, -0.05) is 0 Å². The average Bonchev–Trinajstić information content (AvgIpc) is 2.74. The van der Waals surface area contributed by atoms with Crippen molar-refractivity contribution in [3.05, 3.63) is 36.3 Å². The van der Waals surface area contributed by atoms with E-state index in [2.05, 4.69) is 25.6 Å². The van der Waals surface area contributed by atoms with Crippen molar-refractivity contribution in [1.82, 2.24) is 20.3 Å². The lowest BCUT2D eigenvalue weighted by Gasteiger charge is -2.37. The highest BCUT2D eigenvalue weighted by molar-refractivity contribution is 5.87. The number of rotatable bonds is 7. The molecule has 1 aliphatic heterocycles. The van der Waals surface area contributed by atoms with Crippen LogP contribution in [0, 0.1) is 5.92 Å². The fourth-order valence-electron chi connectivity index (χ4n) is 3.67. The van der Waals surface area contributed by atoms with Crippen LogP contribution in [0.5, 0.6) is 0 Å². The van der Waals surface area contributed by atoms with Gasteiger partial charge in [0.15, 0.2) is 0 Å². The summed E-state index contributed by atoms with van der Waals surface area (Å²) in [7, 11) is 1.84. The van der Waals surface area contributed by atoms with Crippen molar-refractivity contribution < 1.29 is 19.4 Å². The molecular weight excluding hydrogens is 412 g/mol. The first-order valence-corrected chi connectivity index (χ1v) is 10.6. The Labute approximate surface area is 187 Å². The summed E-state index contributed by atoms with van der Waals surface area (Å²) in [4.78, 5) is 38.7. The lowest BCUT2D eigenvalue weighted by atomic mass is 9.89. The number of piperidine rings is 1. The molecule has 1 fully saturated rings. The van der Waals surface area contributed by atoms with Gasteiger partial charge in [0.1, 0.15) is 35.4 Å². The molecule has 0 aromatic carbocycles. The maximum absolute atomic E-state index is 13.1. The van der Waals surface area contributed by atoms with Crippen molar-refractivity contribution in [2.75, 3.05) is 30.4 Å². The molecule has 3 N–H and O–H groups in total. The van der Waals surface area contributed by atoms with Crippen LogP contribution in [-0.2, 0) is 9.53 Å². The van der Waals surface area contributed by atoms with Crippen molar-refractivity contribution in [3.8, 4) is 0 Å². The minimum atomic E-state index is -1.04. The highest BCUT2D eigenvalue weighted by Crippen LogP contribution is 2.27. The van der Waals surface area contributed by atoms with Gasteiger partial charge in [0.05, 0.1) is 5.56 Å². The topological polar surface area (TPSA) is 130 Å². The maximum atomic E-state index is 13.1. The molecule has 0 amide bonds. The zero-order valence-electron chi connectivity index (χ0n) is 18.8. The number of anilines is 3. The van der Waals surface area contributed by atoms with Crippen LogP contribution in [0.4, 0.5) is 17.5 Å². The second kappa shape index (κ2) is 9.90. The Hall–Kier alpha value is -3.27. The van der Waals surface area contributed by atoms with Gasteiger partial charge in [-0.15, -0.1) is 0 Å². The normalized spacial score (nSPS) is 15.6. The van der Waals surface area contributed by atoms with Crippen LogP contribution >= 0.6 is 0 Å². The lowest BCUT2D eigenvalue weighted by molar-refractivity contribution is -0.158. The molecule has 10 heteroatoms. The van der Waals surface area contributed by atoms with Gasteiger partial charge >= 0.3 is 11.9 Å². The Kier molecular flexibility index (Phi) is 7.24. The Bertz CT molecular complexity index is 938. The Morgan fingerprint density at radius 3 is 2.50 bits per heavy atom. The van der Waals surface area contributed by atoms with E-state index in [4.69, 9.17) is 9.84 Å². The molecule has 172 valence electrons. The molecule has 3 rings (SSSR count). The second-order valence-corrected chi connectivity index (χ2v) is 8.80. The zero-order chi connectivity index (χ0) is 23.3. The van der Waals surface area contributed by atoms with Gasteiger partial charge in [0.25, 0.3) is 0 Å². The molecule has 0 spiro atoms. The van der Waals surface area contributed by atoms with Gasteiger partial charge in [0.2, 0.25) is 0 Å². The van der Waals surface area contributed by atoms with E-state index >= 15 is 0 Å². The summed E-state index contributed by atoms with van der Waals surface area (Å²) in [5.74, 6) is 0.314. The predicted octanol–water partition coefficient (Wildman–Crippen LogP) is 2.46. The summed E-state index contributed by atoms with van der Waals surface area (Å²) in [5, 5.41) is 15.4. The molecule has 1 atom stereocenters. The summed E-state index contributed by atoms with van der Waals surface area (Å²) < 4.78 is 5.73. The average molecular weight is 443 g/mol. The van der Waals surface area contributed by atoms with Crippen LogP contribution < -0.4 is 15.5 Å². The van der Waals surface area contributed by atoms with E-state index in [9.17, 15) is 9.59 Å². The molecule has 1 saturated heterocycles. The van der Waals surface area contributed by atoms with Gasteiger partial charge < -0.3 is 25.4 Å². The highest BCUT2D eigenvalue weighted by Gasteiger charge is 2.36. The third kappa shape index (κ3) is 6.13. The van der Waals surface area contributed by atoms with Crippen LogP contribution in [0.3, 0.4) is 0 Å². The summed E-state index contributed by atoms with van der Waals surface area (Å²) in [6.07, 6.45) is 4.41. The molecule has 0 radical (unpaired) electrons. The third-order valence-electron chi connectivity index (χ3n) is 5.18. The van der Waals surface area contributed by atoms with E-state index in [0.29, 0.717) is 17.5 Å². The number of hydrogen-bond donors (Lipinski definition) is 3. The van der Waals surface area contributed by atoms with Gasteiger partial charge in [-0.2, -0.15) is 0 Å². The summed E-state index contributed by atoms with van der Waals surface area (Å²) in [5.41, 5.74) is -0.490. The molecule has 10 nitrogen and oxygen atoms in total. The van der Waals surface area contributed by atoms with Crippen molar-refractivity contribution in [1.29, 1.82) is 0 Å². The standard InChI is InChI=1S/C22H30N6O4/c1-22(2,3)32-21(31)19(14-7-9-23-10-8-14)28(4)18-11-17(25-13-26-18)27-16-6-5-15(12-24-16)20(29)30/h5-6,11-14,19,23H,7-10H2,1-4H3,(H,29,30)(H,24,25,26,27). The molecule has 2 aromatic heterocycles. The second-order valence-electron chi connectivity index (χ2n) is 8.80. The zero-order valence-corrected chi connectivity index (χ0v) is 18.8. The van der Waals surface area contributed by atoms with Crippen molar-refractivity contribution in [2.45, 2.75) is 45.3 Å². The van der Waals surface area contributed by atoms with E-state index in [1.165, 1.54) is 18.6 Å². The molecule has 2 aromatic rings. The quantitative estimate of drug-likeness (QED) is 0.550. The fraction of sp³-hybridized carbons (Fsp3) is 0.500. The number of ether oxygens (including phenoxy) is 1. The molecule has 32 heavy (non-hydrogen) atoms. The van der Waals surface area contributed by atoms with E-state index in [-0.39, 0.29) is 17.5 Å². The number of pyridine rings is 1. The Morgan fingerprint density at radius 1 is 1.19 bits per heavy atom. The number of hydrogen-bond acceptors (Lipinski definition) is 9. The molecule has 0 aliphatic carbocycles. The number of carbonyl (C=O) groups is 2. The summed E-state index contributed by atoms with van der Waals surface area (Å²) in [6, 6.07) is 4.27. The number of aromatic nitrogens is 3. The number of nitrogens with zero attached hydrogens (tertiary/aromatic N) is 4. The molecular formula is C22H30N6O4. The Balaban J connectivity index is 1.81. The van der Waals surface area contributed by atoms with Crippen molar-refractivity contribution >= 4 is 29.4 Å². The van der Waals surface area contributed by atoms with E-state index in [0.717, 1.165) is 25.9 Å². The van der Waals surface area contributed by atoms with Crippen molar-refractivity contribution in [2.24, 2.45) is 5.92 Å². The first-order chi connectivity index (χ1) is 15.1. The summed E-state index contributed by atoms with van der Waals surface area (Å²) in [6.45, 7) is 7.29. The lowest BCUT2D eigenvalue weighted by Crippen LogP contribution is -2.50. The highest BCUT2D eigenvalue weighted by atomic mass is 16.6. The minimum absolute atomic E-state index is 0.0980. The number of carboxylic acid groups (broad SMARTS) is 1. The van der Waals surface area contributed by atoms with E-state index < -0.39 is 17.6 Å². The molecule has 3 heterocycles. The number of likely N-dealkylation sites (N-methyl/N-ethyl adjacent to an activating group) is 1. The maximum Gasteiger partial charge on any atom is 0.337 e. The first-order valence-electron chi connectivity index (χ1n) is 10.6. The SMILES string of the molecule is CN(c1cc(Nc2ccc(C(=O)O)cn2)ncn1)C(C(=O)OC(C)(C)C)C1CCNCC1. The van der Waals surface area contributed by atoms with Crippen molar-refractivity contribution in [3.63, 3.8) is 0 Å². The number of carbonyl (C=O) groups excluding carboxylic acids is 1. The number of esters is 1. The van der Waals surface area contributed by atoms with Crippen LogP contribution in [0.15, 0.2) is 30.7 Å². The van der Waals surface area contributed by atoms with Gasteiger partial charge in [0, 0.05) is 19.3 Å². The van der Waals surface area contributed by atoms with Crippen LogP contribution in [0.1, 0.15) is 44.0 Å². The number of aromatic carboxylic acids is 1. The number of carboxylic acids is 1. The minimum Gasteiger partial charge on any atom is -0.478 e. The van der Waals surface area contributed by atoms with Crippen LogP contribution in [0.25, 0.3) is 0 Å². The fourth-order valence-corrected chi connectivity index (χ4v) is 3.67. The van der Waals surface area contributed by atoms with E-state index in [1.54, 1.807) is 12.1 Å². The summed E-state index contributed by atoms with van der Waals surface area (Å²) >= 11 is 0. The van der Waals surface area contributed by atoms with Crippen LogP contribution in [-0.4, -0.2) is 63.8 Å². The largest absolute Gasteiger partial charge is 0.478 e. The van der Waals surface area contributed by atoms with Crippen LogP contribution in [0.2, 0.25) is 0 Å². The molecule has 0 saturated carbocycles. The predicted molar refractivity (Wildman–Crippen MR) is 120 cm³/mol.